The third-order valence-electron chi connectivity index (χ3n) is 2.00. The van der Waals surface area contributed by atoms with Crippen molar-refractivity contribution in [3.8, 4) is 5.75 Å². The number of nitrogens with two attached hydrogens (primary N) is 1. The first kappa shape index (κ1) is 12.0. The van der Waals surface area contributed by atoms with Crippen LogP contribution in [-0.4, -0.2) is 26.9 Å². The molecule has 0 aliphatic rings. The van der Waals surface area contributed by atoms with E-state index >= 15 is 0 Å². The summed E-state index contributed by atoms with van der Waals surface area (Å²) in [5.41, 5.74) is 0.854. The Balaban J connectivity index is 2.74. The molecule has 0 saturated carbocycles. The Morgan fingerprint density at radius 1 is 1.33 bits per heavy atom. The van der Waals surface area contributed by atoms with Crippen molar-refractivity contribution in [3.05, 3.63) is 29.8 Å². The molecule has 84 valence electrons. The zero-order valence-electron chi connectivity index (χ0n) is 8.67. The molecule has 0 amide bonds. The molecule has 0 aliphatic heterocycles. The molecular formula is C9H14N2O3S. The van der Waals surface area contributed by atoms with Crippen LogP contribution in [-0.2, 0) is 16.8 Å². The summed E-state index contributed by atoms with van der Waals surface area (Å²) in [5.74, 6) is 0.733. The number of hydrogen-bond donors (Lipinski definition) is 1. The summed E-state index contributed by atoms with van der Waals surface area (Å²) in [7, 11) is -0.610. The minimum absolute atomic E-state index is 0.253. The van der Waals surface area contributed by atoms with Gasteiger partial charge in [-0.3, -0.25) is 0 Å². The molecule has 0 bridgehead atoms. The summed E-state index contributed by atoms with van der Waals surface area (Å²) in [6.07, 6.45) is 0. The minimum Gasteiger partial charge on any atom is -0.497 e. The molecule has 1 aromatic rings. The molecule has 1 rings (SSSR count). The van der Waals surface area contributed by atoms with Crippen molar-refractivity contribution in [1.82, 2.24) is 4.31 Å². The normalized spacial score (nSPS) is 11.7. The standard InChI is InChI=1S/C9H14N2O3S/c1-11(15(10,12)13)7-8-3-5-9(14-2)6-4-8/h3-6H,7H2,1-2H3,(H2,10,12,13). The zero-order valence-corrected chi connectivity index (χ0v) is 9.49. The summed E-state index contributed by atoms with van der Waals surface area (Å²) < 4.78 is 27.9. The minimum atomic E-state index is -3.61. The lowest BCUT2D eigenvalue weighted by atomic mass is 10.2. The second-order valence-corrected chi connectivity index (χ2v) is 4.80. The number of nitrogens with zero attached hydrogens (tertiary/aromatic N) is 1. The van der Waals surface area contributed by atoms with E-state index in [9.17, 15) is 8.42 Å². The SMILES string of the molecule is COc1ccc(CN(C)S(N)(=O)=O)cc1. The van der Waals surface area contributed by atoms with Gasteiger partial charge in [0, 0.05) is 13.6 Å². The second kappa shape index (κ2) is 4.61. The van der Waals surface area contributed by atoms with Crippen molar-refractivity contribution >= 4 is 10.2 Å². The van der Waals surface area contributed by atoms with Crippen LogP contribution in [0.5, 0.6) is 5.75 Å². The second-order valence-electron chi connectivity index (χ2n) is 3.15. The topological polar surface area (TPSA) is 72.6 Å². The van der Waals surface area contributed by atoms with E-state index in [-0.39, 0.29) is 6.54 Å². The van der Waals surface area contributed by atoms with Gasteiger partial charge in [0.25, 0.3) is 10.2 Å². The van der Waals surface area contributed by atoms with E-state index in [0.717, 1.165) is 15.6 Å². The van der Waals surface area contributed by atoms with Crippen LogP contribution in [0.15, 0.2) is 24.3 Å². The van der Waals surface area contributed by atoms with Crippen LogP contribution < -0.4 is 9.88 Å². The Kier molecular flexibility index (Phi) is 3.67. The van der Waals surface area contributed by atoms with Gasteiger partial charge in [0.05, 0.1) is 7.11 Å². The molecule has 0 spiro atoms. The molecule has 15 heavy (non-hydrogen) atoms. The molecule has 0 radical (unpaired) electrons. The highest BCUT2D eigenvalue weighted by Gasteiger charge is 2.11. The van der Waals surface area contributed by atoms with E-state index in [4.69, 9.17) is 9.88 Å². The number of benzene rings is 1. The fourth-order valence-electron chi connectivity index (χ4n) is 1.08. The van der Waals surface area contributed by atoms with Gasteiger partial charge in [0.1, 0.15) is 5.75 Å². The lowest BCUT2D eigenvalue weighted by molar-refractivity contribution is 0.414. The van der Waals surface area contributed by atoms with Crippen LogP contribution in [0.2, 0.25) is 0 Å². The van der Waals surface area contributed by atoms with Crippen molar-refractivity contribution in [2.75, 3.05) is 14.2 Å². The van der Waals surface area contributed by atoms with E-state index in [2.05, 4.69) is 0 Å². The molecule has 1 aromatic carbocycles. The van der Waals surface area contributed by atoms with Gasteiger partial charge >= 0.3 is 0 Å². The Labute approximate surface area is 89.6 Å². The van der Waals surface area contributed by atoms with Gasteiger partial charge in [-0.05, 0) is 17.7 Å². The van der Waals surface area contributed by atoms with Crippen LogP contribution in [0.3, 0.4) is 0 Å². The highest BCUT2D eigenvalue weighted by atomic mass is 32.2. The average molecular weight is 230 g/mol. The number of rotatable bonds is 4. The quantitative estimate of drug-likeness (QED) is 0.810. The number of ether oxygens (including phenoxy) is 1. The van der Waals surface area contributed by atoms with E-state index in [0.29, 0.717) is 0 Å². The first-order valence-electron chi connectivity index (χ1n) is 4.30. The average Bonchev–Trinajstić information content (AvgIpc) is 2.17. The monoisotopic (exact) mass is 230 g/mol. The summed E-state index contributed by atoms with van der Waals surface area (Å²) in [6.45, 7) is 0.253. The number of hydrogen-bond acceptors (Lipinski definition) is 3. The van der Waals surface area contributed by atoms with Gasteiger partial charge in [0.15, 0.2) is 0 Å². The maximum Gasteiger partial charge on any atom is 0.276 e. The molecule has 0 saturated heterocycles. The van der Waals surface area contributed by atoms with E-state index in [1.807, 2.05) is 0 Å². The molecule has 5 nitrogen and oxygen atoms in total. The van der Waals surface area contributed by atoms with Crippen LogP contribution in [0.1, 0.15) is 5.56 Å². The Morgan fingerprint density at radius 3 is 2.27 bits per heavy atom. The summed E-state index contributed by atoms with van der Waals surface area (Å²) in [4.78, 5) is 0. The fraction of sp³-hybridized carbons (Fsp3) is 0.333. The Bertz CT molecular complexity index is 413. The summed E-state index contributed by atoms with van der Waals surface area (Å²) >= 11 is 0. The van der Waals surface area contributed by atoms with Crippen molar-refractivity contribution in [2.45, 2.75) is 6.54 Å². The van der Waals surface area contributed by atoms with Gasteiger partial charge in [-0.25, -0.2) is 5.14 Å². The van der Waals surface area contributed by atoms with Crippen molar-refractivity contribution < 1.29 is 13.2 Å². The molecular weight excluding hydrogens is 216 g/mol. The molecule has 6 heteroatoms. The molecule has 0 aliphatic carbocycles. The Morgan fingerprint density at radius 2 is 1.87 bits per heavy atom. The lowest BCUT2D eigenvalue weighted by Crippen LogP contribution is -2.32. The molecule has 0 unspecified atom stereocenters. The van der Waals surface area contributed by atoms with Gasteiger partial charge in [-0.15, -0.1) is 0 Å². The predicted octanol–water partition coefficient (Wildman–Crippen LogP) is 0.330. The largest absolute Gasteiger partial charge is 0.497 e. The van der Waals surface area contributed by atoms with Gasteiger partial charge < -0.3 is 4.74 Å². The molecule has 0 fully saturated rings. The fourth-order valence-corrected chi connectivity index (χ4v) is 1.41. The van der Waals surface area contributed by atoms with Crippen LogP contribution in [0.4, 0.5) is 0 Å². The van der Waals surface area contributed by atoms with Crippen LogP contribution in [0.25, 0.3) is 0 Å². The predicted molar refractivity (Wildman–Crippen MR) is 57.6 cm³/mol. The van der Waals surface area contributed by atoms with E-state index in [1.54, 1.807) is 31.4 Å². The van der Waals surface area contributed by atoms with Gasteiger partial charge in [0.2, 0.25) is 0 Å². The van der Waals surface area contributed by atoms with Crippen molar-refractivity contribution in [2.24, 2.45) is 5.14 Å². The third kappa shape index (κ3) is 3.50. The van der Waals surface area contributed by atoms with Gasteiger partial charge in [-0.1, -0.05) is 12.1 Å². The summed E-state index contributed by atoms with van der Waals surface area (Å²) in [5, 5.41) is 4.96. The molecule has 0 heterocycles. The molecule has 0 aromatic heterocycles. The maximum absolute atomic E-state index is 10.9. The highest BCUT2D eigenvalue weighted by Crippen LogP contribution is 2.12. The van der Waals surface area contributed by atoms with Gasteiger partial charge in [-0.2, -0.15) is 12.7 Å². The highest BCUT2D eigenvalue weighted by molar-refractivity contribution is 7.86. The van der Waals surface area contributed by atoms with E-state index in [1.165, 1.54) is 7.05 Å². The van der Waals surface area contributed by atoms with Crippen LogP contribution >= 0.6 is 0 Å². The Hall–Kier alpha value is -1.11. The molecule has 0 atom stereocenters. The smallest absolute Gasteiger partial charge is 0.276 e. The zero-order chi connectivity index (χ0) is 11.5. The lowest BCUT2D eigenvalue weighted by Gasteiger charge is -2.13. The van der Waals surface area contributed by atoms with E-state index < -0.39 is 10.2 Å². The molecule has 2 N–H and O–H groups in total. The number of methoxy groups -OCH3 is 1. The van der Waals surface area contributed by atoms with Crippen LogP contribution in [0, 0.1) is 0 Å². The maximum atomic E-state index is 10.9. The first-order valence-corrected chi connectivity index (χ1v) is 5.81. The van der Waals surface area contributed by atoms with Crippen molar-refractivity contribution in [3.63, 3.8) is 0 Å². The van der Waals surface area contributed by atoms with Crippen molar-refractivity contribution in [1.29, 1.82) is 0 Å². The summed E-state index contributed by atoms with van der Waals surface area (Å²) in [6, 6.07) is 7.12. The third-order valence-corrected chi connectivity index (χ3v) is 3.00. The first-order chi connectivity index (χ1) is 6.93.